The number of nitrogens with two attached hydrogens (primary N) is 1. The third-order valence-electron chi connectivity index (χ3n) is 4.34. The molecule has 0 aromatic heterocycles. The minimum Gasteiger partial charge on any atom is -0.368 e. The van der Waals surface area contributed by atoms with E-state index in [4.69, 9.17) is 5.73 Å². The molecule has 0 radical (unpaired) electrons. The molecule has 2 unspecified atom stereocenters. The monoisotopic (exact) mass is 239 g/mol. The average Bonchev–Trinajstić information content (AvgIpc) is 2.96. The van der Waals surface area contributed by atoms with Crippen LogP contribution < -0.4 is 11.1 Å². The number of hydrogen-bond donors (Lipinski definition) is 2. The number of nitrogens with one attached hydrogen (secondary N) is 1. The van der Waals surface area contributed by atoms with Crippen molar-refractivity contribution in [3.05, 3.63) is 0 Å². The lowest BCUT2D eigenvalue weighted by Crippen LogP contribution is -2.54. The van der Waals surface area contributed by atoms with Crippen molar-refractivity contribution in [3.63, 3.8) is 0 Å². The summed E-state index contributed by atoms with van der Waals surface area (Å²) in [6.07, 6.45) is 5.60. The van der Waals surface area contributed by atoms with E-state index in [1.807, 2.05) is 6.92 Å². The molecule has 0 spiro atoms. The molecule has 0 aromatic carbocycles. The summed E-state index contributed by atoms with van der Waals surface area (Å²) in [5, 5.41) is 3.31. The van der Waals surface area contributed by atoms with Crippen LogP contribution in [0.1, 0.15) is 39.0 Å². The fraction of sp³-hybridized carbons (Fsp3) is 0.923. The molecule has 2 aliphatic rings. The van der Waals surface area contributed by atoms with Crippen molar-refractivity contribution in [2.45, 2.75) is 50.6 Å². The zero-order chi connectivity index (χ0) is 12.5. The lowest BCUT2D eigenvalue weighted by Gasteiger charge is -2.29. The van der Waals surface area contributed by atoms with Crippen LogP contribution in [0.4, 0.5) is 0 Å². The molecule has 98 valence electrons. The summed E-state index contributed by atoms with van der Waals surface area (Å²) in [7, 11) is 2.19. The Morgan fingerprint density at radius 1 is 1.47 bits per heavy atom. The van der Waals surface area contributed by atoms with Crippen LogP contribution in [0.2, 0.25) is 0 Å². The molecule has 2 atom stereocenters. The highest BCUT2D eigenvalue weighted by molar-refractivity contribution is 5.85. The van der Waals surface area contributed by atoms with Crippen LogP contribution in [0.5, 0.6) is 0 Å². The van der Waals surface area contributed by atoms with E-state index in [0.29, 0.717) is 6.04 Å². The van der Waals surface area contributed by atoms with E-state index in [2.05, 4.69) is 17.3 Å². The van der Waals surface area contributed by atoms with Gasteiger partial charge >= 0.3 is 0 Å². The van der Waals surface area contributed by atoms with Gasteiger partial charge in [0.1, 0.15) is 0 Å². The predicted molar refractivity (Wildman–Crippen MR) is 68.6 cm³/mol. The number of carbonyl (C=O) groups is 1. The smallest absolute Gasteiger partial charge is 0.237 e. The summed E-state index contributed by atoms with van der Waals surface area (Å²) >= 11 is 0. The van der Waals surface area contributed by atoms with Crippen molar-refractivity contribution in [2.75, 3.05) is 20.1 Å². The molecule has 4 nitrogen and oxygen atoms in total. The van der Waals surface area contributed by atoms with Crippen LogP contribution in [0.25, 0.3) is 0 Å². The normalized spacial score (nSPS) is 33.2. The molecule has 2 fully saturated rings. The van der Waals surface area contributed by atoms with Gasteiger partial charge in [-0.25, -0.2) is 0 Å². The van der Waals surface area contributed by atoms with E-state index in [0.717, 1.165) is 31.7 Å². The van der Waals surface area contributed by atoms with E-state index in [-0.39, 0.29) is 5.91 Å². The Balaban J connectivity index is 1.93. The van der Waals surface area contributed by atoms with Crippen LogP contribution in [0, 0.1) is 5.92 Å². The standard InChI is InChI=1S/C13H25N3O/c1-3-15-13(12(14)17)7-6-11(8-13)16(2)9-10-4-5-10/h10-11,15H,3-9H2,1-2H3,(H2,14,17). The first-order chi connectivity index (χ1) is 8.07. The maximum atomic E-state index is 11.7. The van der Waals surface area contributed by atoms with Gasteiger partial charge < -0.3 is 16.0 Å². The third-order valence-corrected chi connectivity index (χ3v) is 4.34. The quantitative estimate of drug-likeness (QED) is 0.718. The van der Waals surface area contributed by atoms with Crippen LogP contribution in [-0.2, 0) is 4.79 Å². The Hall–Kier alpha value is -0.610. The molecule has 0 saturated heterocycles. The SMILES string of the molecule is CCNC1(C(N)=O)CCC(N(C)CC2CC2)C1. The number of amides is 1. The lowest BCUT2D eigenvalue weighted by atomic mass is 9.96. The Bertz CT molecular complexity index is 290. The third kappa shape index (κ3) is 2.80. The van der Waals surface area contributed by atoms with Gasteiger partial charge in [-0.1, -0.05) is 6.92 Å². The van der Waals surface area contributed by atoms with Crippen LogP contribution in [-0.4, -0.2) is 42.5 Å². The number of rotatable bonds is 6. The highest BCUT2D eigenvalue weighted by atomic mass is 16.1. The van der Waals surface area contributed by atoms with E-state index >= 15 is 0 Å². The second-order valence-corrected chi connectivity index (χ2v) is 5.76. The number of nitrogens with zero attached hydrogens (tertiary/aromatic N) is 1. The molecule has 17 heavy (non-hydrogen) atoms. The fourth-order valence-corrected chi connectivity index (χ4v) is 3.06. The molecule has 0 bridgehead atoms. The molecule has 2 aliphatic carbocycles. The first-order valence-electron chi connectivity index (χ1n) is 6.82. The van der Waals surface area contributed by atoms with Gasteiger partial charge in [0.2, 0.25) is 5.91 Å². The largest absolute Gasteiger partial charge is 0.368 e. The van der Waals surface area contributed by atoms with Gasteiger partial charge in [-0.05, 0) is 51.6 Å². The Kier molecular flexibility index (Phi) is 3.73. The molecule has 0 heterocycles. The van der Waals surface area contributed by atoms with Gasteiger partial charge in [-0.2, -0.15) is 0 Å². The molecule has 0 aromatic rings. The molecular weight excluding hydrogens is 214 g/mol. The van der Waals surface area contributed by atoms with E-state index in [1.54, 1.807) is 0 Å². The molecule has 0 aliphatic heterocycles. The second kappa shape index (κ2) is 4.94. The fourth-order valence-electron chi connectivity index (χ4n) is 3.06. The molecule has 1 amide bonds. The number of hydrogen-bond acceptors (Lipinski definition) is 3. The minimum atomic E-state index is -0.447. The number of likely N-dealkylation sites (N-methyl/N-ethyl adjacent to an activating group) is 1. The second-order valence-electron chi connectivity index (χ2n) is 5.76. The molecule has 2 saturated carbocycles. The first-order valence-corrected chi connectivity index (χ1v) is 6.82. The van der Waals surface area contributed by atoms with E-state index in [1.165, 1.54) is 19.4 Å². The highest BCUT2D eigenvalue weighted by Crippen LogP contribution is 2.35. The summed E-state index contributed by atoms with van der Waals surface area (Å²) in [6.45, 7) is 4.03. The number of primary amides is 1. The lowest BCUT2D eigenvalue weighted by molar-refractivity contribution is -0.124. The summed E-state index contributed by atoms with van der Waals surface area (Å²) in [4.78, 5) is 14.1. The zero-order valence-corrected chi connectivity index (χ0v) is 11.0. The molecular formula is C13H25N3O. The Labute approximate surface area is 104 Å². The van der Waals surface area contributed by atoms with Gasteiger partial charge in [0.15, 0.2) is 0 Å². The van der Waals surface area contributed by atoms with Crippen molar-refractivity contribution in [3.8, 4) is 0 Å². The number of carbonyl (C=O) groups excluding carboxylic acids is 1. The maximum Gasteiger partial charge on any atom is 0.237 e. The topological polar surface area (TPSA) is 58.4 Å². The Morgan fingerprint density at radius 2 is 2.18 bits per heavy atom. The van der Waals surface area contributed by atoms with Crippen molar-refractivity contribution in [2.24, 2.45) is 11.7 Å². The highest BCUT2D eigenvalue weighted by Gasteiger charge is 2.44. The maximum absolute atomic E-state index is 11.7. The average molecular weight is 239 g/mol. The van der Waals surface area contributed by atoms with Crippen LogP contribution in [0.15, 0.2) is 0 Å². The molecule has 3 N–H and O–H groups in total. The van der Waals surface area contributed by atoms with E-state index < -0.39 is 5.54 Å². The zero-order valence-electron chi connectivity index (χ0n) is 11.0. The van der Waals surface area contributed by atoms with Gasteiger partial charge in [0.05, 0.1) is 5.54 Å². The summed E-state index contributed by atoms with van der Waals surface area (Å²) in [6, 6.07) is 0.516. The van der Waals surface area contributed by atoms with Crippen molar-refractivity contribution in [1.29, 1.82) is 0 Å². The summed E-state index contributed by atoms with van der Waals surface area (Å²) in [5.41, 5.74) is 5.13. The van der Waals surface area contributed by atoms with Crippen molar-refractivity contribution in [1.82, 2.24) is 10.2 Å². The van der Waals surface area contributed by atoms with Gasteiger partial charge in [0.25, 0.3) is 0 Å². The van der Waals surface area contributed by atoms with Gasteiger partial charge in [0, 0.05) is 12.6 Å². The minimum absolute atomic E-state index is 0.179. The predicted octanol–water partition coefficient (Wildman–Crippen LogP) is 0.714. The molecule has 2 rings (SSSR count). The van der Waals surface area contributed by atoms with E-state index in [9.17, 15) is 4.79 Å². The first kappa shape index (κ1) is 12.8. The van der Waals surface area contributed by atoms with Crippen molar-refractivity contribution < 1.29 is 4.79 Å². The Morgan fingerprint density at radius 3 is 2.71 bits per heavy atom. The van der Waals surface area contributed by atoms with Gasteiger partial charge in [-0.3, -0.25) is 4.79 Å². The van der Waals surface area contributed by atoms with Crippen LogP contribution in [0.3, 0.4) is 0 Å². The summed E-state index contributed by atoms with van der Waals surface area (Å²) in [5.74, 6) is 0.726. The van der Waals surface area contributed by atoms with Crippen LogP contribution >= 0.6 is 0 Å². The molecule has 4 heteroatoms. The van der Waals surface area contributed by atoms with Gasteiger partial charge in [-0.15, -0.1) is 0 Å². The van der Waals surface area contributed by atoms with Crippen molar-refractivity contribution >= 4 is 5.91 Å². The summed E-state index contributed by atoms with van der Waals surface area (Å²) < 4.78 is 0.